The van der Waals surface area contributed by atoms with Gasteiger partial charge in [0.2, 0.25) is 0 Å². The molecule has 2 aromatic carbocycles. The molecule has 0 nitrogen and oxygen atoms in total. The molecule has 0 unspecified atom stereocenters. The van der Waals surface area contributed by atoms with Crippen molar-refractivity contribution in [3.8, 4) is 11.1 Å². The van der Waals surface area contributed by atoms with Crippen LogP contribution in [0.4, 0.5) is 17.6 Å². The summed E-state index contributed by atoms with van der Waals surface area (Å²) in [7, 11) is 0. The van der Waals surface area contributed by atoms with Gasteiger partial charge in [0.25, 0.3) is 0 Å². The van der Waals surface area contributed by atoms with Crippen LogP contribution >= 0.6 is 0 Å². The summed E-state index contributed by atoms with van der Waals surface area (Å²) in [5, 5.41) is 0. The lowest BCUT2D eigenvalue weighted by Crippen LogP contribution is -2.15. The average Bonchev–Trinajstić information content (AvgIpc) is 2.97. The highest BCUT2D eigenvalue weighted by Crippen LogP contribution is 2.41. The van der Waals surface area contributed by atoms with Crippen LogP contribution in [0.3, 0.4) is 0 Å². The second kappa shape index (κ2) is 15.2. The molecule has 0 amide bonds. The van der Waals surface area contributed by atoms with Crippen LogP contribution in [0, 0.1) is 41.0 Å². The minimum absolute atomic E-state index is 0.0191. The van der Waals surface area contributed by atoms with Crippen molar-refractivity contribution in [2.24, 2.45) is 17.8 Å². The highest BCUT2D eigenvalue weighted by molar-refractivity contribution is 5.66. The maximum absolute atomic E-state index is 15.2. The van der Waals surface area contributed by atoms with Crippen molar-refractivity contribution in [2.75, 3.05) is 0 Å². The van der Waals surface area contributed by atoms with Crippen LogP contribution in [-0.2, 0) is 6.42 Å². The lowest BCUT2D eigenvalue weighted by atomic mass is 9.76. The van der Waals surface area contributed by atoms with Crippen molar-refractivity contribution in [3.05, 3.63) is 70.8 Å². The van der Waals surface area contributed by atoms with Crippen LogP contribution in [0.2, 0.25) is 0 Å². The fraction of sp³-hybridized carbons (Fsp3) is 0.611. The van der Waals surface area contributed by atoms with Crippen molar-refractivity contribution in [1.82, 2.24) is 0 Å². The summed E-state index contributed by atoms with van der Waals surface area (Å²) < 4.78 is 60.5. The van der Waals surface area contributed by atoms with Gasteiger partial charge in [-0.15, -0.1) is 0 Å². The quantitative estimate of drug-likeness (QED) is 0.139. The third-order valence-electron chi connectivity index (χ3n) is 9.64. The number of hydrogen-bond acceptors (Lipinski definition) is 0. The van der Waals surface area contributed by atoms with E-state index in [1.165, 1.54) is 82.4 Å². The monoisotopic (exact) mass is 556 g/mol. The first-order valence-electron chi connectivity index (χ1n) is 16.0. The fourth-order valence-corrected chi connectivity index (χ4v) is 7.13. The Hall–Kier alpha value is -2.10. The molecule has 0 saturated heterocycles. The van der Waals surface area contributed by atoms with Crippen molar-refractivity contribution in [1.29, 1.82) is 0 Å². The van der Waals surface area contributed by atoms with Gasteiger partial charge in [0.1, 0.15) is 0 Å². The van der Waals surface area contributed by atoms with Crippen molar-refractivity contribution >= 4 is 0 Å². The van der Waals surface area contributed by atoms with Crippen molar-refractivity contribution in [2.45, 2.75) is 122 Å². The highest BCUT2D eigenvalue weighted by atomic mass is 19.2. The molecule has 0 atom stereocenters. The zero-order chi connectivity index (χ0) is 28.5. The van der Waals surface area contributed by atoms with Crippen LogP contribution in [0.25, 0.3) is 11.1 Å². The minimum atomic E-state index is -1.10. The van der Waals surface area contributed by atoms with E-state index in [1.54, 1.807) is 6.07 Å². The van der Waals surface area contributed by atoms with Gasteiger partial charge in [-0.1, -0.05) is 88.8 Å². The standard InChI is InChI=1S/C36H48F4/c1-3-5-6-10-27-17-19-28(20-18-27)30-23-24-32(36(40)34(30)38)31-22-21-29(33(37)35(31)39)12-8-7-11-26-15-13-25(9-4-2)14-16-26/h7,11,21-28H,3-6,8-10,12-20H2,1-2H3/b11-7+. The number of allylic oxidation sites excluding steroid dienone is 2. The molecule has 2 aliphatic carbocycles. The lowest BCUT2D eigenvalue weighted by molar-refractivity contribution is 0.294. The molecule has 4 rings (SSSR count). The molecule has 0 N–H and O–H groups in total. The van der Waals surface area contributed by atoms with Crippen LogP contribution in [0.15, 0.2) is 36.4 Å². The SMILES string of the molecule is CCCCCC1CCC(c2ccc(-c3ccc(CC/C=C/C4CCC(CCC)CC4)c(F)c3F)c(F)c2F)CC1. The molecule has 40 heavy (non-hydrogen) atoms. The summed E-state index contributed by atoms with van der Waals surface area (Å²) in [6, 6.07) is 5.92. The van der Waals surface area contributed by atoms with E-state index in [0.29, 0.717) is 30.2 Å². The topological polar surface area (TPSA) is 0 Å². The van der Waals surface area contributed by atoms with Gasteiger partial charge in [0.15, 0.2) is 23.3 Å². The summed E-state index contributed by atoms with van der Waals surface area (Å²) in [6.45, 7) is 4.44. The first-order valence-corrected chi connectivity index (χ1v) is 16.0. The highest BCUT2D eigenvalue weighted by Gasteiger charge is 2.27. The second-order valence-electron chi connectivity index (χ2n) is 12.5. The number of aryl methyl sites for hydroxylation is 1. The van der Waals surface area contributed by atoms with Crippen molar-refractivity contribution < 1.29 is 17.6 Å². The van der Waals surface area contributed by atoms with Crippen LogP contribution in [0.5, 0.6) is 0 Å². The Labute approximate surface area is 239 Å². The molecule has 2 saturated carbocycles. The van der Waals surface area contributed by atoms with Crippen LogP contribution in [-0.4, -0.2) is 0 Å². The molecule has 2 fully saturated rings. The maximum Gasteiger partial charge on any atom is 0.167 e. The van der Waals surface area contributed by atoms with E-state index in [9.17, 15) is 4.39 Å². The van der Waals surface area contributed by atoms with Gasteiger partial charge < -0.3 is 0 Å². The third-order valence-corrected chi connectivity index (χ3v) is 9.64. The molecule has 4 heteroatoms. The van der Waals surface area contributed by atoms with Crippen molar-refractivity contribution in [3.63, 3.8) is 0 Å². The zero-order valence-corrected chi connectivity index (χ0v) is 24.6. The molecule has 2 aromatic rings. The largest absolute Gasteiger partial charge is 0.203 e. The van der Waals surface area contributed by atoms with Gasteiger partial charge in [0.05, 0.1) is 0 Å². The molecule has 0 spiro atoms. The van der Waals surface area contributed by atoms with E-state index in [1.807, 2.05) is 0 Å². The molecular weight excluding hydrogens is 508 g/mol. The summed E-state index contributed by atoms with van der Waals surface area (Å²) in [6.07, 6.45) is 21.5. The van der Waals surface area contributed by atoms with E-state index >= 15 is 13.2 Å². The predicted octanol–water partition coefficient (Wildman–Crippen LogP) is 11.9. The number of benzene rings is 2. The molecular formula is C36H48F4. The Morgan fingerprint density at radius 2 is 1.27 bits per heavy atom. The Bertz CT molecular complexity index is 1100. The number of unbranched alkanes of at least 4 members (excludes halogenated alkanes) is 2. The molecule has 0 bridgehead atoms. The number of halogens is 4. The summed E-state index contributed by atoms with van der Waals surface area (Å²) in [5.41, 5.74) is 0.210. The first kappa shape index (κ1) is 30.8. The van der Waals surface area contributed by atoms with Gasteiger partial charge >= 0.3 is 0 Å². The molecule has 0 radical (unpaired) electrons. The van der Waals surface area contributed by atoms with E-state index in [0.717, 1.165) is 31.6 Å². The number of rotatable bonds is 12. The van der Waals surface area contributed by atoms with Crippen LogP contribution < -0.4 is 0 Å². The van der Waals surface area contributed by atoms with Gasteiger partial charge in [-0.2, -0.15) is 0 Å². The van der Waals surface area contributed by atoms with E-state index < -0.39 is 23.3 Å². The zero-order valence-electron chi connectivity index (χ0n) is 24.6. The average molecular weight is 557 g/mol. The fourth-order valence-electron chi connectivity index (χ4n) is 7.13. The number of hydrogen-bond donors (Lipinski definition) is 0. The van der Waals surface area contributed by atoms with Gasteiger partial charge in [-0.05, 0) is 99.0 Å². The van der Waals surface area contributed by atoms with E-state index in [4.69, 9.17) is 0 Å². The first-order chi connectivity index (χ1) is 19.4. The molecule has 0 aliphatic heterocycles. The van der Waals surface area contributed by atoms with E-state index in [-0.39, 0.29) is 22.6 Å². The summed E-state index contributed by atoms with van der Waals surface area (Å²) >= 11 is 0. The second-order valence-corrected chi connectivity index (χ2v) is 12.5. The van der Waals surface area contributed by atoms with Crippen LogP contribution in [0.1, 0.15) is 127 Å². The van der Waals surface area contributed by atoms with Gasteiger partial charge in [-0.25, -0.2) is 17.6 Å². The minimum Gasteiger partial charge on any atom is -0.203 e. The lowest BCUT2D eigenvalue weighted by Gasteiger charge is -2.29. The summed E-state index contributed by atoms with van der Waals surface area (Å²) in [5.74, 6) is -1.96. The summed E-state index contributed by atoms with van der Waals surface area (Å²) in [4.78, 5) is 0. The Morgan fingerprint density at radius 3 is 1.95 bits per heavy atom. The Balaban J connectivity index is 1.36. The molecule has 2 aliphatic rings. The Morgan fingerprint density at radius 1 is 0.650 bits per heavy atom. The molecule has 0 heterocycles. The smallest absolute Gasteiger partial charge is 0.167 e. The normalized spacial score (nSPS) is 23.6. The molecule has 0 aromatic heterocycles. The Kier molecular flexibility index (Phi) is 11.7. The maximum atomic E-state index is 15.2. The van der Waals surface area contributed by atoms with E-state index in [2.05, 4.69) is 26.0 Å². The third kappa shape index (κ3) is 7.79. The van der Waals surface area contributed by atoms with Gasteiger partial charge in [-0.3, -0.25) is 0 Å². The molecule has 220 valence electrons. The predicted molar refractivity (Wildman–Crippen MR) is 158 cm³/mol. The van der Waals surface area contributed by atoms with Gasteiger partial charge in [0, 0.05) is 11.1 Å².